The first-order valence-corrected chi connectivity index (χ1v) is 10.0. The van der Waals surface area contributed by atoms with Crippen LogP contribution >= 0.6 is 23.4 Å². The summed E-state index contributed by atoms with van der Waals surface area (Å²) in [5.41, 5.74) is 2.81. The van der Waals surface area contributed by atoms with Crippen molar-refractivity contribution in [3.05, 3.63) is 106 Å². The molecule has 0 N–H and O–H groups in total. The fourth-order valence-electron chi connectivity index (χ4n) is 2.82. The molecule has 1 heterocycles. The molecule has 0 aliphatic carbocycles. The summed E-state index contributed by atoms with van der Waals surface area (Å²) < 4.78 is 0. The monoisotopic (exact) mass is 404 g/mol. The lowest BCUT2D eigenvalue weighted by Crippen LogP contribution is -2.28. The van der Waals surface area contributed by atoms with Crippen LogP contribution in [0.5, 0.6) is 0 Å². The fourth-order valence-corrected chi connectivity index (χ4v) is 3.94. The van der Waals surface area contributed by atoms with E-state index < -0.39 is 0 Å². The third-order valence-electron chi connectivity index (χ3n) is 4.22. The molecule has 0 atom stereocenters. The van der Waals surface area contributed by atoms with E-state index in [1.54, 1.807) is 4.90 Å². The second-order valence-electron chi connectivity index (χ2n) is 6.27. The molecule has 1 aliphatic rings. The van der Waals surface area contributed by atoms with Gasteiger partial charge in [-0.2, -0.15) is 0 Å². The van der Waals surface area contributed by atoms with Gasteiger partial charge in [0.05, 0.1) is 17.1 Å². The molecule has 3 aromatic rings. The number of rotatable bonds is 4. The van der Waals surface area contributed by atoms with Crippen LogP contribution in [0.3, 0.4) is 0 Å². The molecular formula is C23H17ClN2OS. The average molecular weight is 405 g/mol. The number of hydrogen-bond donors (Lipinski definition) is 0. The van der Waals surface area contributed by atoms with Gasteiger partial charge in [-0.15, -0.1) is 0 Å². The number of amides is 1. The number of hydrogen-bond acceptors (Lipinski definition) is 3. The van der Waals surface area contributed by atoms with E-state index in [0.717, 1.165) is 16.8 Å². The lowest BCUT2D eigenvalue weighted by molar-refractivity contribution is -0.122. The second-order valence-corrected chi connectivity index (χ2v) is 7.71. The van der Waals surface area contributed by atoms with Crippen molar-refractivity contribution in [2.75, 3.05) is 0 Å². The molecule has 1 aliphatic heterocycles. The van der Waals surface area contributed by atoms with E-state index >= 15 is 0 Å². The van der Waals surface area contributed by atoms with E-state index in [4.69, 9.17) is 16.6 Å². The number of nitrogens with zero attached hydrogens (tertiary/aromatic N) is 2. The maximum atomic E-state index is 13.1. The standard InChI is InChI=1S/C23H17ClN2OS/c24-19-13-11-17(12-14-19)15-21-22(27)26(16-18-7-3-1-4-8-18)23(28-21)25-20-9-5-2-6-10-20/h1-15H,16H2. The lowest BCUT2D eigenvalue weighted by Gasteiger charge is -2.15. The lowest BCUT2D eigenvalue weighted by atomic mass is 10.2. The van der Waals surface area contributed by atoms with Gasteiger partial charge in [0.2, 0.25) is 0 Å². The molecule has 1 saturated heterocycles. The molecular weight excluding hydrogens is 388 g/mol. The Morgan fingerprint density at radius 2 is 1.54 bits per heavy atom. The Labute approximate surface area is 173 Å². The van der Waals surface area contributed by atoms with Crippen molar-refractivity contribution in [3.8, 4) is 0 Å². The Morgan fingerprint density at radius 3 is 2.21 bits per heavy atom. The van der Waals surface area contributed by atoms with Crippen molar-refractivity contribution in [1.82, 2.24) is 4.90 Å². The number of para-hydroxylation sites is 1. The zero-order valence-corrected chi connectivity index (χ0v) is 16.5. The zero-order valence-electron chi connectivity index (χ0n) is 15.0. The summed E-state index contributed by atoms with van der Waals surface area (Å²) in [6, 6.07) is 27.1. The molecule has 0 radical (unpaired) electrons. The van der Waals surface area contributed by atoms with Gasteiger partial charge in [-0.25, -0.2) is 4.99 Å². The molecule has 0 saturated carbocycles. The summed E-state index contributed by atoms with van der Waals surface area (Å²) in [7, 11) is 0. The summed E-state index contributed by atoms with van der Waals surface area (Å²) in [6.07, 6.45) is 1.88. The van der Waals surface area contributed by atoms with Gasteiger partial charge in [0.15, 0.2) is 5.17 Å². The number of carbonyl (C=O) groups is 1. The predicted molar refractivity (Wildman–Crippen MR) is 118 cm³/mol. The van der Waals surface area contributed by atoms with Gasteiger partial charge in [-0.05, 0) is 53.2 Å². The Morgan fingerprint density at radius 1 is 0.893 bits per heavy atom. The van der Waals surface area contributed by atoms with Crippen molar-refractivity contribution in [2.45, 2.75) is 6.54 Å². The van der Waals surface area contributed by atoms with E-state index in [-0.39, 0.29) is 5.91 Å². The highest BCUT2D eigenvalue weighted by atomic mass is 35.5. The Hall–Kier alpha value is -2.82. The molecule has 0 aromatic heterocycles. The van der Waals surface area contributed by atoms with Gasteiger partial charge < -0.3 is 0 Å². The molecule has 0 unspecified atom stereocenters. The van der Waals surface area contributed by atoms with Gasteiger partial charge in [-0.3, -0.25) is 9.69 Å². The third-order valence-corrected chi connectivity index (χ3v) is 5.48. The minimum Gasteiger partial charge on any atom is -0.282 e. The van der Waals surface area contributed by atoms with E-state index in [9.17, 15) is 4.79 Å². The molecule has 5 heteroatoms. The van der Waals surface area contributed by atoms with Crippen molar-refractivity contribution >= 4 is 46.2 Å². The number of amidine groups is 1. The predicted octanol–water partition coefficient (Wildman–Crippen LogP) is 6.14. The number of halogens is 1. The molecule has 28 heavy (non-hydrogen) atoms. The third kappa shape index (κ3) is 4.35. The number of carbonyl (C=O) groups excluding carboxylic acids is 1. The Bertz CT molecular complexity index is 1030. The minimum atomic E-state index is -0.0431. The summed E-state index contributed by atoms with van der Waals surface area (Å²) >= 11 is 7.36. The van der Waals surface area contributed by atoms with Crippen LogP contribution in [0.25, 0.3) is 6.08 Å². The molecule has 1 fully saturated rings. The maximum Gasteiger partial charge on any atom is 0.267 e. The summed E-state index contributed by atoms with van der Waals surface area (Å²) in [6.45, 7) is 0.482. The van der Waals surface area contributed by atoms with Crippen molar-refractivity contribution in [1.29, 1.82) is 0 Å². The zero-order chi connectivity index (χ0) is 19.3. The van der Waals surface area contributed by atoms with E-state index in [1.807, 2.05) is 91.0 Å². The molecule has 0 bridgehead atoms. The van der Waals surface area contributed by atoms with Gasteiger partial charge in [0, 0.05) is 5.02 Å². The first kappa shape index (κ1) is 18.5. The molecule has 3 nitrogen and oxygen atoms in total. The van der Waals surface area contributed by atoms with Crippen molar-refractivity contribution in [2.24, 2.45) is 4.99 Å². The van der Waals surface area contributed by atoms with Crippen molar-refractivity contribution in [3.63, 3.8) is 0 Å². The van der Waals surface area contributed by atoms with Crippen LogP contribution in [0.4, 0.5) is 5.69 Å². The molecule has 4 rings (SSSR count). The van der Waals surface area contributed by atoms with E-state index in [2.05, 4.69) is 0 Å². The van der Waals surface area contributed by atoms with E-state index in [1.165, 1.54) is 11.8 Å². The highest BCUT2D eigenvalue weighted by Gasteiger charge is 2.33. The second kappa shape index (κ2) is 8.46. The van der Waals surface area contributed by atoms with Gasteiger partial charge in [0.1, 0.15) is 0 Å². The van der Waals surface area contributed by atoms with Crippen LogP contribution < -0.4 is 0 Å². The smallest absolute Gasteiger partial charge is 0.267 e. The molecule has 138 valence electrons. The van der Waals surface area contributed by atoms with E-state index in [0.29, 0.717) is 21.6 Å². The van der Waals surface area contributed by atoms with Gasteiger partial charge >= 0.3 is 0 Å². The van der Waals surface area contributed by atoms with Crippen molar-refractivity contribution < 1.29 is 4.79 Å². The molecule has 1 amide bonds. The highest BCUT2D eigenvalue weighted by Crippen LogP contribution is 2.35. The fraction of sp³-hybridized carbons (Fsp3) is 0.0435. The Kier molecular flexibility index (Phi) is 5.60. The maximum absolute atomic E-state index is 13.1. The SMILES string of the molecule is O=C1C(=Cc2ccc(Cl)cc2)SC(=Nc2ccccc2)N1Cc1ccccc1. The highest BCUT2D eigenvalue weighted by molar-refractivity contribution is 8.18. The Balaban J connectivity index is 1.69. The van der Waals surface area contributed by atoms with Crippen LogP contribution in [0, 0.1) is 0 Å². The number of thioether (sulfide) groups is 1. The van der Waals surface area contributed by atoms with Crippen LogP contribution in [0.1, 0.15) is 11.1 Å². The first-order valence-electron chi connectivity index (χ1n) is 8.84. The number of benzene rings is 3. The summed E-state index contributed by atoms with van der Waals surface area (Å²) in [4.78, 5) is 20.2. The van der Waals surface area contributed by atoms with Gasteiger partial charge in [0.25, 0.3) is 5.91 Å². The van der Waals surface area contributed by atoms with Gasteiger partial charge in [-0.1, -0.05) is 72.3 Å². The minimum absolute atomic E-state index is 0.0431. The quantitative estimate of drug-likeness (QED) is 0.489. The summed E-state index contributed by atoms with van der Waals surface area (Å²) in [5, 5.41) is 1.35. The largest absolute Gasteiger partial charge is 0.282 e. The van der Waals surface area contributed by atoms with Crippen LogP contribution in [0.2, 0.25) is 5.02 Å². The first-order chi connectivity index (χ1) is 13.7. The van der Waals surface area contributed by atoms with Crippen LogP contribution in [-0.4, -0.2) is 16.0 Å². The normalized spacial score (nSPS) is 16.9. The number of aliphatic imine (C=N–C) groups is 1. The topological polar surface area (TPSA) is 32.7 Å². The average Bonchev–Trinajstić information content (AvgIpc) is 3.00. The molecule has 3 aromatic carbocycles. The summed E-state index contributed by atoms with van der Waals surface area (Å²) in [5.74, 6) is -0.0431. The van der Waals surface area contributed by atoms with Crippen LogP contribution in [-0.2, 0) is 11.3 Å². The molecule has 0 spiro atoms. The van der Waals surface area contributed by atoms with Crippen LogP contribution in [0.15, 0.2) is 94.8 Å².